The van der Waals surface area contributed by atoms with Crippen LogP contribution in [0.2, 0.25) is 0 Å². The van der Waals surface area contributed by atoms with Gasteiger partial charge in [-0.2, -0.15) is 5.26 Å². The van der Waals surface area contributed by atoms with Crippen molar-refractivity contribution < 1.29 is 13.9 Å². The first-order valence-corrected chi connectivity index (χ1v) is 6.69. The summed E-state index contributed by atoms with van der Waals surface area (Å²) in [6, 6.07) is 12.4. The van der Waals surface area contributed by atoms with Gasteiger partial charge in [-0.05, 0) is 42.8 Å². The summed E-state index contributed by atoms with van der Waals surface area (Å²) in [6.45, 7) is 1.81. The van der Waals surface area contributed by atoms with E-state index >= 15 is 0 Å². The summed E-state index contributed by atoms with van der Waals surface area (Å²) in [4.78, 5) is 12.3. The molecule has 0 fully saturated rings. The number of nitrogens with zero attached hydrogens (tertiary/aromatic N) is 1. The lowest BCUT2D eigenvalue weighted by Crippen LogP contribution is -2.27. The van der Waals surface area contributed by atoms with Crippen LogP contribution >= 0.6 is 0 Å². The lowest BCUT2D eigenvalue weighted by atomic mass is 10.1. The Morgan fingerprint density at radius 2 is 1.95 bits per heavy atom. The van der Waals surface area contributed by atoms with Crippen LogP contribution in [0, 0.1) is 17.1 Å². The zero-order valence-electron chi connectivity index (χ0n) is 12.3. The summed E-state index contributed by atoms with van der Waals surface area (Å²) in [5, 5.41) is 11.6. The molecule has 1 N–H and O–H groups in total. The summed E-state index contributed by atoms with van der Waals surface area (Å²) in [5.74, 6) is -0.615. The van der Waals surface area contributed by atoms with Gasteiger partial charge in [-0.3, -0.25) is 4.79 Å². The van der Waals surface area contributed by atoms with Gasteiger partial charge in [-0.1, -0.05) is 12.1 Å². The first kappa shape index (κ1) is 15.5. The molecule has 0 bridgehead atoms. The molecule has 22 heavy (non-hydrogen) atoms. The fourth-order valence-corrected chi connectivity index (χ4v) is 2.06. The van der Waals surface area contributed by atoms with Crippen LogP contribution in [0.4, 0.5) is 4.39 Å². The summed E-state index contributed by atoms with van der Waals surface area (Å²) in [5.41, 5.74) is 1.54. The molecular formula is C17H15FN2O2. The Balaban J connectivity index is 2.17. The Labute approximate surface area is 128 Å². The maximum Gasteiger partial charge on any atom is 0.255 e. The topological polar surface area (TPSA) is 62.1 Å². The molecule has 112 valence electrons. The second kappa shape index (κ2) is 6.72. The Bertz CT molecular complexity index is 720. The van der Waals surface area contributed by atoms with Crippen LogP contribution in [0.15, 0.2) is 42.5 Å². The van der Waals surface area contributed by atoms with Crippen molar-refractivity contribution in [3.63, 3.8) is 0 Å². The predicted octanol–water partition coefficient (Wildman–Crippen LogP) is 3.20. The maximum absolute atomic E-state index is 13.3. The van der Waals surface area contributed by atoms with Crippen molar-refractivity contribution in [3.05, 3.63) is 65.0 Å². The molecule has 0 aliphatic heterocycles. The number of halogens is 1. The lowest BCUT2D eigenvalue weighted by molar-refractivity contribution is 0.0936. The smallest absolute Gasteiger partial charge is 0.255 e. The molecule has 0 aromatic heterocycles. The van der Waals surface area contributed by atoms with Crippen LogP contribution in [-0.2, 0) is 0 Å². The first-order chi connectivity index (χ1) is 10.5. The number of methoxy groups -OCH3 is 1. The Morgan fingerprint density at radius 1 is 1.27 bits per heavy atom. The van der Waals surface area contributed by atoms with Crippen LogP contribution in [-0.4, -0.2) is 13.0 Å². The van der Waals surface area contributed by atoms with Crippen molar-refractivity contribution >= 4 is 5.91 Å². The molecule has 1 atom stereocenters. The number of hydrogen-bond acceptors (Lipinski definition) is 3. The molecule has 0 aliphatic rings. The third-order valence-corrected chi connectivity index (χ3v) is 3.29. The van der Waals surface area contributed by atoms with Gasteiger partial charge in [-0.15, -0.1) is 0 Å². The van der Waals surface area contributed by atoms with Crippen LogP contribution in [0.1, 0.15) is 34.5 Å². The third kappa shape index (κ3) is 3.41. The van der Waals surface area contributed by atoms with Crippen LogP contribution in [0.25, 0.3) is 0 Å². The fraction of sp³-hybridized carbons (Fsp3) is 0.176. The number of hydrogen-bond donors (Lipinski definition) is 1. The summed E-state index contributed by atoms with van der Waals surface area (Å²) in [7, 11) is 1.42. The van der Waals surface area contributed by atoms with E-state index in [1.807, 2.05) is 13.0 Å². The van der Waals surface area contributed by atoms with Crippen LogP contribution in [0.5, 0.6) is 5.75 Å². The number of nitrogens with one attached hydrogen (secondary N) is 1. The SMILES string of the molecule is COc1ccc(F)cc1C(=O)NC(C)c1ccc(C#N)cc1. The van der Waals surface area contributed by atoms with Crippen molar-refractivity contribution in [1.82, 2.24) is 5.32 Å². The van der Waals surface area contributed by atoms with E-state index in [4.69, 9.17) is 10.00 Å². The zero-order chi connectivity index (χ0) is 16.1. The second-order valence-electron chi connectivity index (χ2n) is 4.77. The van der Waals surface area contributed by atoms with E-state index in [9.17, 15) is 9.18 Å². The van der Waals surface area contributed by atoms with Crippen molar-refractivity contribution in [2.45, 2.75) is 13.0 Å². The molecule has 0 aliphatic carbocycles. The molecule has 0 saturated carbocycles. The predicted molar refractivity (Wildman–Crippen MR) is 80.0 cm³/mol. The number of ether oxygens (including phenoxy) is 1. The fourth-order valence-electron chi connectivity index (χ4n) is 2.06. The molecule has 1 unspecified atom stereocenters. The van der Waals surface area contributed by atoms with Gasteiger partial charge >= 0.3 is 0 Å². The number of amides is 1. The monoisotopic (exact) mass is 298 g/mol. The van der Waals surface area contributed by atoms with Gasteiger partial charge in [-0.25, -0.2) is 4.39 Å². The molecule has 0 saturated heterocycles. The standard InChI is InChI=1S/C17H15FN2O2/c1-11(13-5-3-12(10-19)4-6-13)20-17(21)15-9-14(18)7-8-16(15)22-2/h3-9,11H,1-2H3,(H,20,21). The van der Waals surface area contributed by atoms with E-state index in [0.717, 1.165) is 11.6 Å². The highest BCUT2D eigenvalue weighted by atomic mass is 19.1. The molecule has 0 radical (unpaired) electrons. The van der Waals surface area contributed by atoms with E-state index < -0.39 is 11.7 Å². The number of nitriles is 1. The zero-order valence-corrected chi connectivity index (χ0v) is 12.3. The van der Waals surface area contributed by atoms with Crippen molar-refractivity contribution in [2.75, 3.05) is 7.11 Å². The molecule has 2 rings (SSSR count). The number of rotatable bonds is 4. The quantitative estimate of drug-likeness (QED) is 0.943. The third-order valence-electron chi connectivity index (χ3n) is 3.29. The van der Waals surface area contributed by atoms with Crippen LogP contribution in [0.3, 0.4) is 0 Å². The van der Waals surface area contributed by atoms with E-state index in [0.29, 0.717) is 11.3 Å². The number of carbonyl (C=O) groups is 1. The molecule has 0 spiro atoms. The van der Waals surface area contributed by atoms with Crippen molar-refractivity contribution in [1.29, 1.82) is 5.26 Å². The van der Waals surface area contributed by atoms with Crippen LogP contribution < -0.4 is 10.1 Å². The number of benzene rings is 2. The highest BCUT2D eigenvalue weighted by Gasteiger charge is 2.16. The summed E-state index contributed by atoms with van der Waals surface area (Å²) < 4.78 is 18.4. The minimum absolute atomic E-state index is 0.142. The minimum atomic E-state index is -0.503. The van der Waals surface area contributed by atoms with Gasteiger partial charge in [0.15, 0.2) is 0 Å². The van der Waals surface area contributed by atoms with Crippen molar-refractivity contribution in [2.24, 2.45) is 0 Å². The Kier molecular flexibility index (Phi) is 4.74. The molecule has 2 aromatic carbocycles. The highest BCUT2D eigenvalue weighted by molar-refractivity contribution is 5.97. The second-order valence-corrected chi connectivity index (χ2v) is 4.77. The number of carbonyl (C=O) groups excluding carboxylic acids is 1. The molecule has 2 aromatic rings. The average molecular weight is 298 g/mol. The first-order valence-electron chi connectivity index (χ1n) is 6.69. The molecule has 1 amide bonds. The van der Waals surface area contributed by atoms with E-state index in [1.54, 1.807) is 24.3 Å². The normalized spacial score (nSPS) is 11.4. The average Bonchev–Trinajstić information content (AvgIpc) is 2.54. The summed E-state index contributed by atoms with van der Waals surface area (Å²) >= 11 is 0. The Morgan fingerprint density at radius 3 is 2.55 bits per heavy atom. The van der Waals surface area contributed by atoms with Gasteiger partial charge in [0.05, 0.1) is 30.3 Å². The highest BCUT2D eigenvalue weighted by Crippen LogP contribution is 2.21. The Hall–Kier alpha value is -2.87. The lowest BCUT2D eigenvalue weighted by Gasteiger charge is -2.16. The largest absolute Gasteiger partial charge is 0.496 e. The van der Waals surface area contributed by atoms with Gasteiger partial charge < -0.3 is 10.1 Å². The van der Waals surface area contributed by atoms with E-state index in [2.05, 4.69) is 5.32 Å². The molecular weight excluding hydrogens is 283 g/mol. The van der Waals surface area contributed by atoms with Gasteiger partial charge in [0.1, 0.15) is 11.6 Å². The molecule has 5 heteroatoms. The maximum atomic E-state index is 13.3. The van der Waals surface area contributed by atoms with Gasteiger partial charge in [0.2, 0.25) is 0 Å². The van der Waals surface area contributed by atoms with Crippen molar-refractivity contribution in [3.8, 4) is 11.8 Å². The van der Waals surface area contributed by atoms with Gasteiger partial charge in [0, 0.05) is 0 Å². The minimum Gasteiger partial charge on any atom is -0.496 e. The van der Waals surface area contributed by atoms with E-state index in [-0.39, 0.29) is 11.6 Å². The summed E-state index contributed by atoms with van der Waals surface area (Å²) in [6.07, 6.45) is 0. The van der Waals surface area contributed by atoms with Gasteiger partial charge in [0.25, 0.3) is 5.91 Å². The van der Waals surface area contributed by atoms with E-state index in [1.165, 1.54) is 19.2 Å². The molecule has 4 nitrogen and oxygen atoms in total. The molecule has 0 heterocycles.